The second-order valence-corrected chi connectivity index (χ2v) is 6.01. The summed E-state index contributed by atoms with van der Waals surface area (Å²) in [6, 6.07) is 6.97. The molecule has 0 fully saturated rings. The molecule has 0 amide bonds. The first-order valence-corrected chi connectivity index (χ1v) is 6.88. The number of nitrogens with zero attached hydrogens (tertiary/aromatic N) is 1. The van der Waals surface area contributed by atoms with Crippen molar-refractivity contribution in [3.8, 4) is 0 Å². The highest BCUT2D eigenvalue weighted by Gasteiger charge is 2.21. The van der Waals surface area contributed by atoms with E-state index in [9.17, 15) is 13.2 Å². The van der Waals surface area contributed by atoms with Crippen LogP contribution in [0.5, 0.6) is 0 Å². The van der Waals surface area contributed by atoms with E-state index in [0.29, 0.717) is 17.0 Å². The Morgan fingerprint density at radius 2 is 2.00 bits per heavy atom. The van der Waals surface area contributed by atoms with Crippen LogP contribution in [0.3, 0.4) is 0 Å². The molecule has 1 aliphatic rings. The van der Waals surface area contributed by atoms with E-state index in [1.165, 1.54) is 0 Å². The lowest BCUT2D eigenvalue weighted by molar-refractivity contribution is 0.1000. The minimum Gasteiger partial charge on any atom is -0.294 e. The summed E-state index contributed by atoms with van der Waals surface area (Å²) in [4.78, 5) is 15.9. The van der Waals surface area contributed by atoms with Crippen molar-refractivity contribution >= 4 is 27.0 Å². The third-order valence-electron chi connectivity index (χ3n) is 2.28. The van der Waals surface area contributed by atoms with Crippen molar-refractivity contribution in [1.82, 2.24) is 0 Å². The molecule has 1 heterocycles. The number of Topliss-reactive ketones (excluding diaryl/α,β-unsaturated/α-hetero) is 1. The van der Waals surface area contributed by atoms with Crippen LogP contribution in [0.2, 0.25) is 0 Å². The molecule has 84 valence electrons. The van der Waals surface area contributed by atoms with E-state index in [2.05, 4.69) is 4.99 Å². The molecule has 0 saturated carbocycles. The number of para-hydroxylation sites is 1. The predicted octanol–water partition coefficient (Wildman–Crippen LogP) is 1.39. The average Bonchev–Trinajstić information content (AvgIpc) is 2.15. The fourth-order valence-electron chi connectivity index (χ4n) is 1.68. The van der Waals surface area contributed by atoms with Crippen LogP contribution in [-0.2, 0) is 9.84 Å². The van der Waals surface area contributed by atoms with Crippen molar-refractivity contribution in [2.24, 2.45) is 4.99 Å². The highest BCUT2D eigenvalue weighted by Crippen LogP contribution is 2.25. The molecule has 0 N–H and O–H groups in total. The first-order chi connectivity index (χ1) is 7.46. The van der Waals surface area contributed by atoms with E-state index in [4.69, 9.17) is 0 Å². The van der Waals surface area contributed by atoms with Crippen LogP contribution in [0.4, 0.5) is 5.69 Å². The molecule has 0 aromatic heterocycles. The number of rotatable bonds is 2. The van der Waals surface area contributed by atoms with Crippen molar-refractivity contribution in [1.29, 1.82) is 0 Å². The van der Waals surface area contributed by atoms with Crippen molar-refractivity contribution in [3.05, 3.63) is 29.8 Å². The summed E-state index contributed by atoms with van der Waals surface area (Å²) < 4.78 is 22.3. The van der Waals surface area contributed by atoms with Gasteiger partial charge in [-0.3, -0.25) is 9.79 Å². The Morgan fingerprint density at radius 1 is 1.31 bits per heavy atom. The molecule has 0 aliphatic carbocycles. The van der Waals surface area contributed by atoms with Gasteiger partial charge in [-0.25, -0.2) is 8.42 Å². The molecule has 1 aliphatic heterocycles. The SMILES string of the molecule is CS(=O)(=O)CC1=Nc2ccccc2C(=O)C1. The Kier molecular flexibility index (Phi) is 2.63. The first-order valence-electron chi connectivity index (χ1n) is 4.82. The maximum atomic E-state index is 11.7. The first kappa shape index (κ1) is 11.0. The third kappa shape index (κ3) is 2.36. The Morgan fingerprint density at radius 3 is 2.69 bits per heavy atom. The van der Waals surface area contributed by atoms with E-state index >= 15 is 0 Å². The number of carbonyl (C=O) groups is 1. The smallest absolute Gasteiger partial charge is 0.170 e. The minimum absolute atomic E-state index is 0.0655. The van der Waals surface area contributed by atoms with Crippen LogP contribution in [0.25, 0.3) is 0 Å². The average molecular weight is 237 g/mol. The van der Waals surface area contributed by atoms with Crippen LogP contribution in [0, 0.1) is 0 Å². The van der Waals surface area contributed by atoms with E-state index in [-0.39, 0.29) is 18.0 Å². The summed E-state index contributed by atoms with van der Waals surface area (Å²) in [5, 5.41) is 0. The summed E-state index contributed by atoms with van der Waals surface area (Å²) in [5.74, 6) is -0.211. The molecule has 0 saturated heterocycles. The summed E-state index contributed by atoms with van der Waals surface area (Å²) in [6.45, 7) is 0. The van der Waals surface area contributed by atoms with Gasteiger partial charge in [0.25, 0.3) is 0 Å². The molecule has 2 rings (SSSR count). The Bertz CT molecular complexity index is 573. The quantitative estimate of drug-likeness (QED) is 0.780. The van der Waals surface area contributed by atoms with E-state index in [1.807, 2.05) is 0 Å². The van der Waals surface area contributed by atoms with Gasteiger partial charge >= 0.3 is 0 Å². The largest absolute Gasteiger partial charge is 0.294 e. The number of aliphatic imine (C=N–C) groups is 1. The Balaban J connectivity index is 2.41. The zero-order valence-electron chi connectivity index (χ0n) is 8.80. The lowest BCUT2D eigenvalue weighted by atomic mass is 10.0. The molecule has 16 heavy (non-hydrogen) atoms. The molecule has 0 radical (unpaired) electrons. The number of ketones is 1. The molecule has 0 unspecified atom stereocenters. The lowest BCUT2D eigenvalue weighted by Crippen LogP contribution is -2.21. The number of hydrogen-bond acceptors (Lipinski definition) is 4. The zero-order chi connectivity index (χ0) is 11.8. The molecule has 1 aromatic rings. The third-order valence-corrected chi connectivity index (χ3v) is 3.13. The fraction of sp³-hybridized carbons (Fsp3) is 0.273. The zero-order valence-corrected chi connectivity index (χ0v) is 9.62. The highest BCUT2D eigenvalue weighted by atomic mass is 32.2. The van der Waals surface area contributed by atoms with Gasteiger partial charge in [-0.2, -0.15) is 0 Å². The van der Waals surface area contributed by atoms with Crippen molar-refractivity contribution in [2.45, 2.75) is 6.42 Å². The van der Waals surface area contributed by atoms with Gasteiger partial charge in [-0.1, -0.05) is 12.1 Å². The van der Waals surface area contributed by atoms with Gasteiger partial charge in [-0.05, 0) is 12.1 Å². The van der Waals surface area contributed by atoms with Gasteiger partial charge in [-0.15, -0.1) is 0 Å². The molecule has 0 atom stereocenters. The van der Waals surface area contributed by atoms with Gasteiger partial charge in [0.05, 0.1) is 17.9 Å². The van der Waals surface area contributed by atoms with E-state index in [1.54, 1.807) is 24.3 Å². The predicted molar refractivity (Wildman–Crippen MR) is 62.2 cm³/mol. The summed E-state index contributed by atoms with van der Waals surface area (Å²) in [7, 11) is -3.13. The Labute approximate surface area is 93.9 Å². The maximum Gasteiger partial charge on any atom is 0.170 e. The van der Waals surface area contributed by atoms with E-state index < -0.39 is 9.84 Å². The van der Waals surface area contributed by atoms with Crippen LogP contribution in [0.1, 0.15) is 16.8 Å². The molecule has 0 bridgehead atoms. The number of benzene rings is 1. The van der Waals surface area contributed by atoms with E-state index in [0.717, 1.165) is 6.26 Å². The molecule has 0 spiro atoms. The molecular formula is C11H11NO3S. The Hall–Kier alpha value is -1.49. The molecule has 1 aromatic carbocycles. The van der Waals surface area contributed by atoms with Crippen LogP contribution >= 0.6 is 0 Å². The number of fused-ring (bicyclic) bond motifs is 1. The monoisotopic (exact) mass is 237 g/mol. The second-order valence-electron chi connectivity index (χ2n) is 3.87. The van der Waals surface area contributed by atoms with Gasteiger partial charge in [0.15, 0.2) is 15.6 Å². The highest BCUT2D eigenvalue weighted by molar-refractivity contribution is 7.91. The molecule has 5 heteroatoms. The topological polar surface area (TPSA) is 63.6 Å². The van der Waals surface area contributed by atoms with Crippen molar-refractivity contribution in [2.75, 3.05) is 12.0 Å². The van der Waals surface area contributed by atoms with Gasteiger partial charge < -0.3 is 0 Å². The normalized spacial score (nSPS) is 15.6. The lowest BCUT2D eigenvalue weighted by Gasteiger charge is -2.13. The van der Waals surface area contributed by atoms with Crippen molar-refractivity contribution < 1.29 is 13.2 Å². The minimum atomic E-state index is -3.13. The number of hydrogen-bond donors (Lipinski definition) is 0. The number of sulfone groups is 1. The van der Waals surface area contributed by atoms with Crippen LogP contribution in [0.15, 0.2) is 29.3 Å². The van der Waals surface area contributed by atoms with Gasteiger partial charge in [0.1, 0.15) is 0 Å². The summed E-state index contributed by atoms with van der Waals surface area (Å²) in [6.07, 6.45) is 1.24. The van der Waals surface area contributed by atoms with Gasteiger partial charge in [0.2, 0.25) is 0 Å². The summed E-state index contributed by atoms with van der Waals surface area (Å²) in [5.41, 5.74) is 1.56. The second kappa shape index (κ2) is 3.83. The summed E-state index contributed by atoms with van der Waals surface area (Å²) >= 11 is 0. The van der Waals surface area contributed by atoms with Crippen LogP contribution in [-0.4, -0.2) is 31.9 Å². The maximum absolute atomic E-state index is 11.7. The van der Waals surface area contributed by atoms with Gasteiger partial charge in [0, 0.05) is 17.5 Å². The van der Waals surface area contributed by atoms with Crippen LogP contribution < -0.4 is 0 Å². The molecular weight excluding hydrogens is 226 g/mol. The van der Waals surface area contributed by atoms with Crippen molar-refractivity contribution in [3.63, 3.8) is 0 Å². The number of carbonyl (C=O) groups excluding carboxylic acids is 1. The standard InChI is InChI=1S/C11H11NO3S/c1-16(14,15)7-8-6-11(13)9-4-2-3-5-10(9)12-8/h2-5H,6-7H2,1H3. The fourth-order valence-corrected chi connectivity index (χ4v) is 2.46. The molecule has 4 nitrogen and oxygen atoms in total.